The average Bonchev–Trinajstić information content (AvgIpc) is 2.52. The Morgan fingerprint density at radius 2 is 1.54 bits per heavy atom. The standard InChI is InChI=1S/C18H32O6/c1-6-8-9-22-18(21)15(10-16(19)23-12-13(3)4)11-17(20)24-14(5)7-2/h13-15H,6-12H2,1-5H3. The summed E-state index contributed by atoms with van der Waals surface area (Å²) in [5.41, 5.74) is 0. The maximum absolute atomic E-state index is 12.1. The van der Waals surface area contributed by atoms with E-state index in [4.69, 9.17) is 14.2 Å². The molecule has 0 aliphatic rings. The molecule has 0 aromatic heterocycles. The number of hydrogen-bond donors (Lipinski definition) is 0. The minimum Gasteiger partial charge on any atom is -0.465 e. The molecule has 0 N–H and O–H groups in total. The van der Waals surface area contributed by atoms with Gasteiger partial charge in [0.05, 0.1) is 38.1 Å². The van der Waals surface area contributed by atoms with E-state index in [9.17, 15) is 14.4 Å². The molecule has 0 bridgehead atoms. The van der Waals surface area contributed by atoms with Crippen LogP contribution in [0.2, 0.25) is 0 Å². The second-order valence-electron chi connectivity index (χ2n) is 6.41. The van der Waals surface area contributed by atoms with E-state index in [1.807, 2.05) is 27.7 Å². The zero-order chi connectivity index (χ0) is 18.5. The van der Waals surface area contributed by atoms with Crippen molar-refractivity contribution in [3.05, 3.63) is 0 Å². The second kappa shape index (κ2) is 12.8. The Morgan fingerprint density at radius 3 is 2.08 bits per heavy atom. The number of unbranched alkanes of at least 4 members (excludes halogenated alkanes) is 1. The first-order valence-corrected chi connectivity index (χ1v) is 8.81. The van der Waals surface area contributed by atoms with Crippen LogP contribution in [0.15, 0.2) is 0 Å². The lowest BCUT2D eigenvalue weighted by Gasteiger charge is -2.17. The molecule has 0 aromatic rings. The number of carbonyl (C=O) groups excluding carboxylic acids is 3. The number of esters is 3. The van der Waals surface area contributed by atoms with Crippen LogP contribution in [0.25, 0.3) is 0 Å². The van der Waals surface area contributed by atoms with E-state index in [-0.39, 0.29) is 38.1 Å². The molecule has 0 rings (SSSR count). The minimum atomic E-state index is -0.863. The Kier molecular flexibility index (Phi) is 11.9. The molecule has 0 aromatic carbocycles. The topological polar surface area (TPSA) is 78.9 Å². The van der Waals surface area contributed by atoms with Gasteiger partial charge in [0.25, 0.3) is 0 Å². The van der Waals surface area contributed by atoms with Crippen molar-refractivity contribution in [2.75, 3.05) is 13.2 Å². The number of ether oxygens (including phenoxy) is 3. The Balaban J connectivity index is 4.66. The van der Waals surface area contributed by atoms with Gasteiger partial charge in [0.2, 0.25) is 0 Å². The van der Waals surface area contributed by atoms with E-state index in [2.05, 4.69) is 0 Å². The molecule has 0 radical (unpaired) electrons. The molecular formula is C18H32O6. The van der Waals surface area contributed by atoms with Gasteiger partial charge in [-0.2, -0.15) is 0 Å². The second-order valence-corrected chi connectivity index (χ2v) is 6.41. The Morgan fingerprint density at radius 1 is 0.917 bits per heavy atom. The molecule has 0 heterocycles. The highest BCUT2D eigenvalue weighted by Gasteiger charge is 2.28. The first-order valence-electron chi connectivity index (χ1n) is 8.81. The molecule has 0 spiro atoms. The fraction of sp³-hybridized carbons (Fsp3) is 0.833. The predicted molar refractivity (Wildman–Crippen MR) is 90.2 cm³/mol. The van der Waals surface area contributed by atoms with Crippen molar-refractivity contribution in [2.45, 2.75) is 72.8 Å². The first kappa shape index (κ1) is 22.4. The van der Waals surface area contributed by atoms with Crippen molar-refractivity contribution in [1.82, 2.24) is 0 Å². The quantitative estimate of drug-likeness (QED) is 0.307. The van der Waals surface area contributed by atoms with Crippen LogP contribution in [-0.4, -0.2) is 37.2 Å². The number of carbonyl (C=O) groups is 3. The molecule has 0 fully saturated rings. The molecule has 0 saturated carbocycles. The highest BCUT2D eigenvalue weighted by Crippen LogP contribution is 2.15. The van der Waals surface area contributed by atoms with Crippen molar-refractivity contribution in [3.8, 4) is 0 Å². The molecule has 6 heteroatoms. The SMILES string of the molecule is CCCCOC(=O)C(CC(=O)OCC(C)C)CC(=O)OC(C)CC. The third kappa shape index (κ3) is 11.0. The van der Waals surface area contributed by atoms with Gasteiger partial charge in [0.1, 0.15) is 0 Å². The maximum Gasteiger partial charge on any atom is 0.310 e. The van der Waals surface area contributed by atoms with Crippen LogP contribution in [0.1, 0.15) is 66.7 Å². The van der Waals surface area contributed by atoms with Gasteiger partial charge in [-0.3, -0.25) is 14.4 Å². The van der Waals surface area contributed by atoms with E-state index < -0.39 is 23.8 Å². The van der Waals surface area contributed by atoms with Gasteiger partial charge < -0.3 is 14.2 Å². The number of hydrogen-bond acceptors (Lipinski definition) is 6. The molecule has 0 saturated heterocycles. The van der Waals surface area contributed by atoms with Crippen LogP contribution in [0.3, 0.4) is 0 Å². The molecule has 0 aliphatic heterocycles. The van der Waals surface area contributed by atoms with Crippen molar-refractivity contribution in [2.24, 2.45) is 11.8 Å². The molecule has 24 heavy (non-hydrogen) atoms. The summed E-state index contributed by atoms with van der Waals surface area (Å²) in [4.78, 5) is 35.9. The lowest BCUT2D eigenvalue weighted by Crippen LogP contribution is -2.27. The fourth-order valence-electron chi connectivity index (χ4n) is 1.75. The van der Waals surface area contributed by atoms with Gasteiger partial charge in [-0.15, -0.1) is 0 Å². The smallest absolute Gasteiger partial charge is 0.310 e. The third-order valence-electron chi connectivity index (χ3n) is 3.39. The highest BCUT2D eigenvalue weighted by atomic mass is 16.5. The van der Waals surface area contributed by atoms with Crippen LogP contribution < -0.4 is 0 Å². The van der Waals surface area contributed by atoms with Crippen LogP contribution in [0, 0.1) is 11.8 Å². The van der Waals surface area contributed by atoms with Crippen molar-refractivity contribution >= 4 is 17.9 Å². The summed E-state index contributed by atoms with van der Waals surface area (Å²) in [7, 11) is 0. The van der Waals surface area contributed by atoms with Gasteiger partial charge >= 0.3 is 17.9 Å². The van der Waals surface area contributed by atoms with Crippen LogP contribution in [-0.2, 0) is 28.6 Å². The van der Waals surface area contributed by atoms with E-state index >= 15 is 0 Å². The lowest BCUT2D eigenvalue weighted by molar-refractivity contribution is -0.161. The fourth-order valence-corrected chi connectivity index (χ4v) is 1.75. The zero-order valence-corrected chi connectivity index (χ0v) is 15.6. The summed E-state index contributed by atoms with van der Waals surface area (Å²) < 4.78 is 15.4. The van der Waals surface area contributed by atoms with E-state index in [1.165, 1.54) is 0 Å². The van der Waals surface area contributed by atoms with Crippen LogP contribution in [0.4, 0.5) is 0 Å². The Bertz CT molecular complexity index is 391. The molecular weight excluding hydrogens is 312 g/mol. The van der Waals surface area contributed by atoms with Crippen molar-refractivity contribution in [1.29, 1.82) is 0 Å². The van der Waals surface area contributed by atoms with Crippen molar-refractivity contribution < 1.29 is 28.6 Å². The molecule has 0 aliphatic carbocycles. The third-order valence-corrected chi connectivity index (χ3v) is 3.39. The van der Waals surface area contributed by atoms with E-state index in [0.717, 1.165) is 12.8 Å². The summed E-state index contributed by atoms with van der Waals surface area (Å²) in [6, 6.07) is 0. The zero-order valence-electron chi connectivity index (χ0n) is 15.6. The molecule has 2 unspecified atom stereocenters. The summed E-state index contributed by atoms with van der Waals surface area (Å²) in [6.07, 6.45) is 1.76. The van der Waals surface area contributed by atoms with Gasteiger partial charge in [-0.25, -0.2) is 0 Å². The molecule has 0 amide bonds. The summed E-state index contributed by atoms with van der Waals surface area (Å²) in [6.45, 7) is 10.1. The van der Waals surface area contributed by atoms with Gasteiger partial charge in [-0.1, -0.05) is 34.1 Å². The Hall–Kier alpha value is -1.59. The summed E-state index contributed by atoms with van der Waals surface area (Å²) in [5.74, 6) is -2.21. The van der Waals surface area contributed by atoms with Crippen molar-refractivity contribution in [3.63, 3.8) is 0 Å². The monoisotopic (exact) mass is 344 g/mol. The average molecular weight is 344 g/mol. The van der Waals surface area contributed by atoms with Crippen LogP contribution in [0.5, 0.6) is 0 Å². The molecule has 6 nitrogen and oxygen atoms in total. The van der Waals surface area contributed by atoms with E-state index in [1.54, 1.807) is 6.92 Å². The lowest BCUT2D eigenvalue weighted by atomic mass is 10.0. The van der Waals surface area contributed by atoms with E-state index in [0.29, 0.717) is 6.42 Å². The summed E-state index contributed by atoms with van der Waals surface area (Å²) in [5, 5.41) is 0. The first-order chi connectivity index (χ1) is 11.3. The maximum atomic E-state index is 12.1. The van der Waals surface area contributed by atoms with Gasteiger partial charge in [0.15, 0.2) is 0 Å². The molecule has 140 valence electrons. The number of rotatable bonds is 12. The van der Waals surface area contributed by atoms with Gasteiger partial charge in [0, 0.05) is 0 Å². The molecule has 2 atom stereocenters. The largest absolute Gasteiger partial charge is 0.465 e. The Labute approximate surface area is 145 Å². The minimum absolute atomic E-state index is 0.173. The predicted octanol–water partition coefficient (Wildman–Crippen LogP) is 3.27. The normalized spacial score (nSPS) is 13.2. The van der Waals surface area contributed by atoms with Crippen LogP contribution >= 0.6 is 0 Å². The van der Waals surface area contributed by atoms with Gasteiger partial charge in [-0.05, 0) is 25.7 Å². The summed E-state index contributed by atoms with van der Waals surface area (Å²) >= 11 is 0. The highest BCUT2D eigenvalue weighted by molar-refractivity contribution is 5.84.